The molecule has 3 aromatic rings. The fourth-order valence-corrected chi connectivity index (χ4v) is 3.63. The Bertz CT molecular complexity index is 983. The van der Waals surface area contributed by atoms with E-state index in [2.05, 4.69) is 35.9 Å². The summed E-state index contributed by atoms with van der Waals surface area (Å²) in [5, 5.41) is 4.24. The molecular weight excluding hydrogens is 403 g/mol. The van der Waals surface area contributed by atoms with Crippen molar-refractivity contribution in [2.24, 2.45) is 0 Å². The molecule has 0 saturated carbocycles. The summed E-state index contributed by atoms with van der Waals surface area (Å²) in [6.45, 7) is 4.40. The zero-order valence-electron chi connectivity index (χ0n) is 14.1. The van der Waals surface area contributed by atoms with Gasteiger partial charge in [-0.15, -0.1) is 0 Å². The Balaban J connectivity index is 1.52. The van der Waals surface area contributed by atoms with E-state index < -0.39 is 0 Å². The average molecular weight is 419 g/mol. The summed E-state index contributed by atoms with van der Waals surface area (Å²) >= 11 is 3.27. The van der Waals surface area contributed by atoms with Crippen molar-refractivity contribution >= 4 is 33.4 Å². The summed E-state index contributed by atoms with van der Waals surface area (Å²) in [5.41, 5.74) is 1.34. The van der Waals surface area contributed by atoms with Crippen LogP contribution in [-0.2, 0) is 0 Å². The van der Waals surface area contributed by atoms with Gasteiger partial charge >= 0.3 is 0 Å². The highest BCUT2D eigenvalue weighted by Crippen LogP contribution is 2.22. The van der Waals surface area contributed by atoms with Crippen LogP contribution < -0.4 is 4.90 Å². The third kappa shape index (κ3) is 3.03. The van der Waals surface area contributed by atoms with Crippen molar-refractivity contribution in [1.82, 2.24) is 24.5 Å². The molecule has 0 spiro atoms. The highest BCUT2D eigenvalue weighted by Gasteiger charge is 2.25. The molecule has 1 fully saturated rings. The van der Waals surface area contributed by atoms with Gasteiger partial charge in [0.05, 0.1) is 5.56 Å². The van der Waals surface area contributed by atoms with Crippen LogP contribution in [-0.4, -0.2) is 56.6 Å². The van der Waals surface area contributed by atoms with E-state index in [9.17, 15) is 9.18 Å². The monoisotopic (exact) mass is 418 g/mol. The zero-order chi connectivity index (χ0) is 18.3. The van der Waals surface area contributed by atoms with Gasteiger partial charge in [-0.1, -0.05) is 0 Å². The van der Waals surface area contributed by atoms with Gasteiger partial charge in [-0.2, -0.15) is 14.6 Å². The second kappa shape index (κ2) is 6.64. The normalized spacial score (nSPS) is 14.9. The van der Waals surface area contributed by atoms with Crippen molar-refractivity contribution in [2.75, 3.05) is 31.1 Å². The minimum atomic E-state index is -0.372. The second-order valence-electron chi connectivity index (χ2n) is 6.13. The number of nitrogens with zero attached hydrogens (tertiary/aromatic N) is 6. The van der Waals surface area contributed by atoms with Gasteiger partial charge < -0.3 is 9.80 Å². The molecule has 3 heterocycles. The van der Waals surface area contributed by atoms with Gasteiger partial charge in [-0.25, -0.2) is 9.37 Å². The van der Waals surface area contributed by atoms with E-state index in [1.807, 2.05) is 13.0 Å². The number of hydrogen-bond acceptors (Lipinski definition) is 5. The SMILES string of the molecule is Cc1cc(N2CCN(C(=O)c3ccc(F)cc3Br)CC2)n2ncnc2n1. The molecule has 0 unspecified atom stereocenters. The lowest BCUT2D eigenvalue weighted by Crippen LogP contribution is -2.49. The number of halogens is 2. The van der Waals surface area contributed by atoms with E-state index in [4.69, 9.17) is 0 Å². The van der Waals surface area contributed by atoms with Crippen LogP contribution in [0.1, 0.15) is 16.1 Å². The summed E-state index contributed by atoms with van der Waals surface area (Å²) in [5.74, 6) is 1.00. The van der Waals surface area contributed by atoms with Gasteiger partial charge in [0.15, 0.2) is 0 Å². The smallest absolute Gasteiger partial charge is 0.255 e. The van der Waals surface area contributed by atoms with E-state index >= 15 is 0 Å². The second-order valence-corrected chi connectivity index (χ2v) is 6.99. The topological polar surface area (TPSA) is 66.6 Å². The molecule has 0 bridgehead atoms. The van der Waals surface area contributed by atoms with E-state index in [-0.39, 0.29) is 11.7 Å². The molecular formula is C17H16BrFN6O. The summed E-state index contributed by atoms with van der Waals surface area (Å²) in [6, 6.07) is 6.09. The number of fused-ring (bicyclic) bond motifs is 1. The van der Waals surface area contributed by atoms with Crippen molar-refractivity contribution < 1.29 is 9.18 Å². The number of anilines is 1. The molecule has 1 saturated heterocycles. The fraction of sp³-hybridized carbons (Fsp3) is 0.294. The van der Waals surface area contributed by atoms with Crippen LogP contribution >= 0.6 is 15.9 Å². The van der Waals surface area contributed by atoms with Crippen LogP contribution in [0.25, 0.3) is 5.78 Å². The van der Waals surface area contributed by atoms with Crippen molar-refractivity contribution in [2.45, 2.75) is 6.92 Å². The predicted molar refractivity (Wildman–Crippen MR) is 97.7 cm³/mol. The maximum absolute atomic E-state index is 13.2. The predicted octanol–water partition coefficient (Wildman–Crippen LogP) is 2.30. The van der Waals surface area contributed by atoms with Crippen LogP contribution in [0.3, 0.4) is 0 Å². The number of hydrogen-bond donors (Lipinski definition) is 0. The van der Waals surface area contributed by atoms with Gasteiger partial charge in [-0.05, 0) is 41.1 Å². The Morgan fingerprint density at radius 1 is 1.19 bits per heavy atom. The molecule has 1 aromatic carbocycles. The molecule has 9 heteroatoms. The standard InChI is InChI=1S/C17H16BrFN6O/c1-11-8-15(25-17(22-11)20-10-21-25)23-4-6-24(7-5-23)16(26)13-3-2-12(19)9-14(13)18/h2-3,8-10H,4-7H2,1H3. The van der Waals surface area contributed by atoms with Gasteiger partial charge in [-0.3, -0.25) is 4.79 Å². The van der Waals surface area contributed by atoms with E-state index in [1.165, 1.54) is 24.5 Å². The van der Waals surface area contributed by atoms with E-state index in [1.54, 1.807) is 9.42 Å². The number of carbonyl (C=O) groups is 1. The minimum Gasteiger partial charge on any atom is -0.353 e. The van der Waals surface area contributed by atoms with Crippen LogP contribution in [0, 0.1) is 12.7 Å². The molecule has 134 valence electrons. The Morgan fingerprint density at radius 3 is 2.69 bits per heavy atom. The van der Waals surface area contributed by atoms with Crippen molar-refractivity contribution in [3.63, 3.8) is 0 Å². The summed E-state index contributed by atoms with van der Waals surface area (Å²) in [6.07, 6.45) is 1.48. The number of benzene rings is 1. The molecule has 1 aliphatic rings. The molecule has 0 atom stereocenters. The molecule has 2 aromatic heterocycles. The molecule has 26 heavy (non-hydrogen) atoms. The highest BCUT2D eigenvalue weighted by atomic mass is 79.9. The molecule has 1 aliphatic heterocycles. The number of amides is 1. The summed E-state index contributed by atoms with van der Waals surface area (Å²) in [7, 11) is 0. The lowest BCUT2D eigenvalue weighted by Gasteiger charge is -2.36. The first-order valence-electron chi connectivity index (χ1n) is 8.19. The lowest BCUT2D eigenvalue weighted by atomic mass is 10.1. The number of carbonyl (C=O) groups excluding carboxylic acids is 1. The largest absolute Gasteiger partial charge is 0.353 e. The summed E-state index contributed by atoms with van der Waals surface area (Å²) < 4.78 is 15.4. The number of aryl methyl sites for hydroxylation is 1. The van der Waals surface area contributed by atoms with Crippen LogP contribution in [0.15, 0.2) is 35.1 Å². The van der Waals surface area contributed by atoms with E-state index in [0.717, 1.165) is 11.5 Å². The first kappa shape index (κ1) is 16.9. The average Bonchev–Trinajstić information content (AvgIpc) is 3.09. The quantitative estimate of drug-likeness (QED) is 0.638. The Hall–Kier alpha value is -2.55. The minimum absolute atomic E-state index is 0.103. The van der Waals surface area contributed by atoms with Crippen molar-refractivity contribution in [3.8, 4) is 0 Å². The Kier molecular flexibility index (Phi) is 4.31. The zero-order valence-corrected chi connectivity index (χ0v) is 15.6. The molecule has 0 aliphatic carbocycles. The first-order valence-corrected chi connectivity index (χ1v) is 8.99. The number of rotatable bonds is 2. The third-order valence-corrected chi connectivity index (χ3v) is 5.07. The molecule has 7 nitrogen and oxygen atoms in total. The first-order chi connectivity index (χ1) is 12.5. The van der Waals surface area contributed by atoms with Gasteiger partial charge in [0.2, 0.25) is 0 Å². The molecule has 0 radical (unpaired) electrons. The van der Waals surface area contributed by atoms with Crippen LogP contribution in [0.4, 0.5) is 10.2 Å². The Morgan fingerprint density at radius 2 is 1.96 bits per heavy atom. The van der Waals surface area contributed by atoms with Crippen molar-refractivity contribution in [1.29, 1.82) is 0 Å². The molecule has 4 rings (SSSR count). The Labute approximate surface area is 157 Å². The number of piperazine rings is 1. The highest BCUT2D eigenvalue weighted by molar-refractivity contribution is 9.10. The van der Waals surface area contributed by atoms with Gasteiger partial charge in [0, 0.05) is 42.4 Å². The molecule has 1 amide bonds. The van der Waals surface area contributed by atoms with Crippen LogP contribution in [0.5, 0.6) is 0 Å². The lowest BCUT2D eigenvalue weighted by molar-refractivity contribution is 0.0745. The van der Waals surface area contributed by atoms with E-state index in [0.29, 0.717) is 42.0 Å². The van der Waals surface area contributed by atoms with Gasteiger partial charge in [0.1, 0.15) is 18.0 Å². The van der Waals surface area contributed by atoms with Crippen molar-refractivity contribution in [3.05, 3.63) is 52.1 Å². The maximum Gasteiger partial charge on any atom is 0.255 e. The van der Waals surface area contributed by atoms with Gasteiger partial charge in [0.25, 0.3) is 11.7 Å². The van der Waals surface area contributed by atoms with Crippen LogP contribution in [0.2, 0.25) is 0 Å². The summed E-state index contributed by atoms with van der Waals surface area (Å²) in [4.78, 5) is 25.2. The number of aromatic nitrogens is 4. The maximum atomic E-state index is 13.2. The fourth-order valence-electron chi connectivity index (χ4n) is 3.11. The molecule has 0 N–H and O–H groups in total. The third-order valence-electron chi connectivity index (χ3n) is 4.41.